The van der Waals surface area contributed by atoms with E-state index in [0.29, 0.717) is 4.47 Å². The van der Waals surface area contributed by atoms with E-state index in [9.17, 15) is 14.7 Å². The first-order chi connectivity index (χ1) is 13.8. The van der Waals surface area contributed by atoms with Crippen molar-refractivity contribution in [2.45, 2.75) is 39.2 Å². The average molecular weight is 460 g/mol. The predicted octanol–water partition coefficient (Wildman–Crippen LogP) is 4.21. The maximum Gasteiger partial charge on any atom is 0.255 e. The van der Waals surface area contributed by atoms with Gasteiger partial charge in [-0.25, -0.2) is 0 Å². The highest BCUT2D eigenvalue weighted by Gasteiger charge is 2.18. The molecule has 1 atom stereocenters. The lowest BCUT2D eigenvalue weighted by Gasteiger charge is -2.19. The molecule has 2 aromatic rings. The summed E-state index contributed by atoms with van der Waals surface area (Å²) in [5.41, 5.74) is 2.89. The monoisotopic (exact) mass is 459 g/mol. The Morgan fingerprint density at radius 1 is 1.21 bits per heavy atom. The van der Waals surface area contributed by atoms with E-state index in [0.717, 1.165) is 30.0 Å². The van der Waals surface area contributed by atoms with Gasteiger partial charge in [0, 0.05) is 36.9 Å². The largest absolute Gasteiger partial charge is 0.506 e. The second-order valence-corrected chi connectivity index (χ2v) is 8.37. The number of nitrogens with zero attached hydrogens (tertiary/aromatic N) is 1. The Hall–Kier alpha value is -2.54. The van der Waals surface area contributed by atoms with Crippen molar-refractivity contribution in [3.63, 3.8) is 0 Å². The van der Waals surface area contributed by atoms with Crippen LogP contribution in [0, 0.1) is 6.92 Å². The lowest BCUT2D eigenvalue weighted by Crippen LogP contribution is -2.35. The van der Waals surface area contributed by atoms with Crippen molar-refractivity contribution < 1.29 is 14.7 Å². The molecule has 2 amide bonds. The maximum absolute atomic E-state index is 12.5. The van der Waals surface area contributed by atoms with Crippen molar-refractivity contribution in [1.29, 1.82) is 0 Å². The number of anilines is 2. The van der Waals surface area contributed by atoms with Crippen LogP contribution < -0.4 is 15.5 Å². The van der Waals surface area contributed by atoms with Gasteiger partial charge in [0.25, 0.3) is 5.91 Å². The zero-order valence-electron chi connectivity index (χ0n) is 16.7. The van der Waals surface area contributed by atoms with Crippen LogP contribution in [-0.2, 0) is 4.79 Å². The first kappa shape index (κ1) is 21.2. The summed E-state index contributed by atoms with van der Waals surface area (Å²) in [7, 11) is 0. The van der Waals surface area contributed by atoms with Crippen LogP contribution in [0.15, 0.2) is 40.9 Å². The number of aromatic hydroxyl groups is 1. The van der Waals surface area contributed by atoms with Crippen LogP contribution in [0.4, 0.5) is 11.4 Å². The molecule has 1 saturated heterocycles. The Morgan fingerprint density at radius 2 is 1.93 bits per heavy atom. The molecule has 0 spiro atoms. The molecule has 1 aliphatic rings. The van der Waals surface area contributed by atoms with E-state index in [2.05, 4.69) is 37.5 Å². The molecule has 7 heteroatoms. The van der Waals surface area contributed by atoms with Crippen molar-refractivity contribution >= 4 is 39.1 Å². The highest BCUT2D eigenvalue weighted by molar-refractivity contribution is 9.10. The molecule has 0 aliphatic carbocycles. The fourth-order valence-electron chi connectivity index (χ4n) is 3.51. The quantitative estimate of drug-likeness (QED) is 0.604. The van der Waals surface area contributed by atoms with Crippen LogP contribution in [-0.4, -0.2) is 36.1 Å². The summed E-state index contributed by atoms with van der Waals surface area (Å²) in [6, 6.07) is 10.8. The number of carbonyl (C=O) groups excluding carboxylic acids is 2. The van der Waals surface area contributed by atoms with E-state index in [-0.39, 0.29) is 29.7 Å². The molecule has 3 rings (SSSR count). The number of phenolic OH excluding ortho intramolecular Hbond substituents is 1. The zero-order valence-corrected chi connectivity index (χ0v) is 18.3. The smallest absolute Gasteiger partial charge is 0.255 e. The number of phenols is 1. The van der Waals surface area contributed by atoms with Gasteiger partial charge in [-0.2, -0.15) is 0 Å². The van der Waals surface area contributed by atoms with Gasteiger partial charge in [-0.05, 0) is 78.5 Å². The van der Waals surface area contributed by atoms with Gasteiger partial charge in [-0.15, -0.1) is 0 Å². The fraction of sp³-hybridized carbons (Fsp3) is 0.364. The highest BCUT2D eigenvalue weighted by Crippen LogP contribution is 2.29. The Labute approximate surface area is 179 Å². The van der Waals surface area contributed by atoms with Gasteiger partial charge in [0.2, 0.25) is 5.91 Å². The number of amides is 2. The Balaban J connectivity index is 1.57. The Morgan fingerprint density at radius 3 is 2.66 bits per heavy atom. The van der Waals surface area contributed by atoms with Gasteiger partial charge in [-0.3, -0.25) is 9.59 Å². The fourth-order valence-corrected chi connectivity index (χ4v) is 4.08. The molecule has 1 unspecified atom stereocenters. The molecule has 1 fully saturated rings. The maximum atomic E-state index is 12.5. The molecule has 2 aromatic carbocycles. The molecule has 154 valence electrons. The molecule has 0 radical (unpaired) electrons. The van der Waals surface area contributed by atoms with Gasteiger partial charge in [-0.1, -0.05) is 6.07 Å². The average Bonchev–Trinajstić information content (AvgIpc) is 3.19. The summed E-state index contributed by atoms with van der Waals surface area (Å²) in [6.45, 7) is 5.69. The van der Waals surface area contributed by atoms with E-state index in [1.807, 2.05) is 25.1 Å². The second kappa shape index (κ2) is 9.31. The first-order valence-electron chi connectivity index (χ1n) is 9.78. The third kappa shape index (κ3) is 5.50. The molecule has 0 bridgehead atoms. The minimum atomic E-state index is -0.414. The van der Waals surface area contributed by atoms with E-state index in [1.165, 1.54) is 12.8 Å². The molecule has 0 saturated carbocycles. The molecule has 3 N–H and O–H groups in total. The summed E-state index contributed by atoms with van der Waals surface area (Å²) in [6.07, 6.45) is 2.52. The Kier molecular flexibility index (Phi) is 6.79. The number of carbonyl (C=O) groups is 2. The molecule has 29 heavy (non-hydrogen) atoms. The predicted molar refractivity (Wildman–Crippen MR) is 119 cm³/mol. The molecular formula is C22H26BrN3O3. The van der Waals surface area contributed by atoms with Crippen LogP contribution >= 0.6 is 15.9 Å². The van der Waals surface area contributed by atoms with Crippen molar-refractivity contribution in [2.24, 2.45) is 0 Å². The van der Waals surface area contributed by atoms with E-state index in [1.54, 1.807) is 19.1 Å². The number of hydrogen-bond donors (Lipinski definition) is 3. The minimum Gasteiger partial charge on any atom is -0.506 e. The third-order valence-electron chi connectivity index (χ3n) is 4.92. The molecule has 1 heterocycles. The molecule has 0 aromatic heterocycles. The van der Waals surface area contributed by atoms with E-state index < -0.39 is 5.91 Å². The van der Waals surface area contributed by atoms with Crippen molar-refractivity contribution in [2.75, 3.05) is 23.3 Å². The Bertz CT molecular complexity index is 910. The normalized spacial score (nSPS) is 14.5. The topological polar surface area (TPSA) is 81.7 Å². The van der Waals surface area contributed by atoms with E-state index >= 15 is 0 Å². The lowest BCUT2D eigenvalue weighted by molar-refractivity contribution is -0.116. The number of halogens is 1. The summed E-state index contributed by atoms with van der Waals surface area (Å²) in [4.78, 5) is 27.2. The van der Waals surface area contributed by atoms with Crippen LogP contribution in [0.1, 0.15) is 42.1 Å². The number of rotatable bonds is 6. The lowest BCUT2D eigenvalue weighted by atomic mass is 10.1. The van der Waals surface area contributed by atoms with Crippen LogP contribution in [0.5, 0.6) is 5.75 Å². The standard InChI is InChI=1S/C22H26BrN3O3/c1-14-10-18(21(28)19(23)11-14)22(29)24-15(2)12-20(27)25-16-6-5-7-17(13-16)26-8-3-4-9-26/h5-7,10-11,13,15,28H,3-4,8-9,12H2,1-2H3,(H,24,29)(H,25,27). The van der Waals surface area contributed by atoms with Crippen LogP contribution in [0.2, 0.25) is 0 Å². The van der Waals surface area contributed by atoms with Crippen LogP contribution in [0.25, 0.3) is 0 Å². The third-order valence-corrected chi connectivity index (χ3v) is 5.53. The van der Waals surface area contributed by atoms with Crippen LogP contribution in [0.3, 0.4) is 0 Å². The number of benzene rings is 2. The number of aryl methyl sites for hydroxylation is 1. The molecule has 6 nitrogen and oxygen atoms in total. The summed E-state index contributed by atoms with van der Waals surface area (Å²) >= 11 is 3.24. The number of nitrogens with one attached hydrogen (secondary N) is 2. The van der Waals surface area contributed by atoms with Gasteiger partial charge in [0.05, 0.1) is 10.0 Å². The second-order valence-electron chi connectivity index (χ2n) is 7.51. The van der Waals surface area contributed by atoms with Gasteiger partial charge in [0.15, 0.2) is 0 Å². The molecular weight excluding hydrogens is 434 g/mol. The minimum absolute atomic E-state index is 0.108. The van der Waals surface area contributed by atoms with Crippen molar-refractivity contribution in [3.05, 3.63) is 52.0 Å². The van der Waals surface area contributed by atoms with Gasteiger partial charge >= 0.3 is 0 Å². The van der Waals surface area contributed by atoms with E-state index in [4.69, 9.17) is 0 Å². The summed E-state index contributed by atoms with van der Waals surface area (Å²) in [5, 5.41) is 15.8. The zero-order chi connectivity index (χ0) is 21.0. The summed E-state index contributed by atoms with van der Waals surface area (Å²) in [5.74, 6) is -0.697. The SMILES string of the molecule is Cc1cc(Br)c(O)c(C(=O)NC(C)CC(=O)Nc2cccc(N3CCCC3)c2)c1. The van der Waals surface area contributed by atoms with Gasteiger partial charge < -0.3 is 20.6 Å². The highest BCUT2D eigenvalue weighted by atomic mass is 79.9. The van der Waals surface area contributed by atoms with Crippen molar-refractivity contribution in [3.8, 4) is 5.75 Å². The van der Waals surface area contributed by atoms with Gasteiger partial charge in [0.1, 0.15) is 5.75 Å². The summed E-state index contributed by atoms with van der Waals surface area (Å²) < 4.78 is 0.464. The number of hydrogen-bond acceptors (Lipinski definition) is 4. The first-order valence-corrected chi connectivity index (χ1v) is 10.6. The molecule has 1 aliphatic heterocycles. The van der Waals surface area contributed by atoms with Crippen molar-refractivity contribution in [1.82, 2.24) is 5.32 Å².